The van der Waals surface area contributed by atoms with Crippen molar-refractivity contribution < 1.29 is 19.1 Å². The van der Waals surface area contributed by atoms with Crippen molar-refractivity contribution in [1.82, 2.24) is 0 Å². The third kappa shape index (κ3) is 9.11. The van der Waals surface area contributed by atoms with Gasteiger partial charge in [-0.05, 0) is 49.7 Å². The van der Waals surface area contributed by atoms with Gasteiger partial charge in [-0.1, -0.05) is 70.0 Å². The van der Waals surface area contributed by atoms with Crippen LogP contribution in [0, 0.1) is 17.3 Å². The minimum absolute atomic E-state index is 0.0565. The van der Waals surface area contributed by atoms with Gasteiger partial charge in [-0.15, -0.1) is 0 Å². The number of ether oxygens (including phenoxy) is 2. The third-order valence-electron chi connectivity index (χ3n) is 5.52. The Morgan fingerprint density at radius 3 is 2.29 bits per heavy atom. The Morgan fingerprint density at radius 2 is 1.81 bits per heavy atom. The number of hydrogen-bond donors (Lipinski definition) is 0. The van der Waals surface area contributed by atoms with E-state index in [0.29, 0.717) is 44.1 Å². The molecule has 4 nitrogen and oxygen atoms in total. The summed E-state index contributed by atoms with van der Waals surface area (Å²) < 4.78 is 10.8. The maximum Gasteiger partial charge on any atom is 0.316 e. The summed E-state index contributed by atoms with van der Waals surface area (Å²) in [6.45, 7) is 13.1. The normalized spacial score (nSPS) is 17.3. The molecule has 0 spiro atoms. The third-order valence-corrected chi connectivity index (χ3v) is 6.04. The first kappa shape index (κ1) is 27.9. The summed E-state index contributed by atoms with van der Waals surface area (Å²) >= 11 is 12.6. The van der Waals surface area contributed by atoms with Crippen molar-refractivity contribution in [2.45, 2.75) is 72.6 Å². The van der Waals surface area contributed by atoms with Crippen LogP contribution in [0.25, 0.3) is 0 Å². The van der Waals surface area contributed by atoms with Gasteiger partial charge in [0, 0.05) is 21.9 Å². The lowest BCUT2D eigenvalue weighted by molar-refractivity contribution is -0.153. The van der Waals surface area contributed by atoms with Crippen LogP contribution < -0.4 is 0 Å². The Hall–Kier alpha value is -1.10. The fourth-order valence-electron chi connectivity index (χ4n) is 3.63. The van der Waals surface area contributed by atoms with Gasteiger partial charge >= 0.3 is 5.97 Å². The molecule has 0 radical (unpaired) electrons. The number of carbonyl (C=O) groups excluding carboxylic acids is 2. The molecule has 0 aromatic carbocycles. The quantitative estimate of drug-likeness (QED) is 0.147. The number of rotatable bonds is 15. The fraction of sp³-hybridized carbons (Fsp3) is 0.680. The highest BCUT2D eigenvalue weighted by Crippen LogP contribution is 2.44. The molecule has 0 aliphatic carbocycles. The summed E-state index contributed by atoms with van der Waals surface area (Å²) in [7, 11) is 0. The van der Waals surface area contributed by atoms with Gasteiger partial charge in [0.2, 0.25) is 0 Å². The van der Waals surface area contributed by atoms with Crippen LogP contribution in [0.2, 0.25) is 0 Å². The predicted octanol–water partition coefficient (Wildman–Crippen LogP) is 6.96. The highest BCUT2D eigenvalue weighted by atomic mass is 35.5. The van der Waals surface area contributed by atoms with Crippen molar-refractivity contribution in [2.24, 2.45) is 17.3 Å². The molecule has 1 fully saturated rings. The van der Waals surface area contributed by atoms with Gasteiger partial charge < -0.3 is 9.47 Å². The highest BCUT2D eigenvalue weighted by Gasteiger charge is 2.42. The first-order valence-corrected chi connectivity index (χ1v) is 12.1. The summed E-state index contributed by atoms with van der Waals surface area (Å²) in [5.41, 5.74) is 0.792. The molecular formula is C25H38Cl2O4. The fourth-order valence-corrected chi connectivity index (χ4v) is 4.09. The van der Waals surface area contributed by atoms with Crippen LogP contribution in [0.5, 0.6) is 0 Å². The van der Waals surface area contributed by atoms with E-state index < -0.39 is 11.9 Å². The van der Waals surface area contributed by atoms with Crippen molar-refractivity contribution in [1.29, 1.82) is 0 Å². The summed E-state index contributed by atoms with van der Waals surface area (Å²) in [5, 5.41) is 1.25. The van der Waals surface area contributed by atoms with Crippen LogP contribution in [-0.4, -0.2) is 31.6 Å². The number of carbonyl (C=O) groups is 2. The van der Waals surface area contributed by atoms with Crippen LogP contribution >= 0.6 is 23.2 Å². The van der Waals surface area contributed by atoms with E-state index in [1.165, 1.54) is 0 Å². The Balaban J connectivity index is 2.83. The van der Waals surface area contributed by atoms with E-state index in [4.69, 9.17) is 32.7 Å². The average molecular weight is 473 g/mol. The molecule has 0 N–H and O–H groups in total. The lowest BCUT2D eigenvalue weighted by Crippen LogP contribution is -2.44. The van der Waals surface area contributed by atoms with Crippen LogP contribution in [-0.2, 0) is 19.1 Å². The zero-order valence-corrected chi connectivity index (χ0v) is 21.0. The lowest BCUT2D eigenvalue weighted by atomic mass is 9.73. The average Bonchev–Trinajstić information content (AvgIpc) is 2.68. The molecule has 1 aliphatic rings. The molecule has 0 aromatic rings. The Bertz CT molecular complexity index is 675. The Labute approximate surface area is 198 Å². The topological polar surface area (TPSA) is 52.6 Å². The number of halogens is 2. The molecule has 0 bridgehead atoms. The molecule has 176 valence electrons. The second kappa shape index (κ2) is 14.1. The summed E-state index contributed by atoms with van der Waals surface area (Å²) in [5.74, 6) is -0.904. The van der Waals surface area contributed by atoms with E-state index in [2.05, 4.69) is 13.5 Å². The smallest absolute Gasteiger partial charge is 0.316 e. The minimum Gasteiger partial charge on any atom is -0.465 e. The first-order valence-electron chi connectivity index (χ1n) is 11.4. The van der Waals surface area contributed by atoms with Crippen LogP contribution in [0.4, 0.5) is 0 Å². The van der Waals surface area contributed by atoms with Gasteiger partial charge in [0.25, 0.3) is 0 Å². The van der Waals surface area contributed by atoms with Crippen LogP contribution in [0.15, 0.2) is 34.4 Å². The van der Waals surface area contributed by atoms with E-state index in [0.717, 1.165) is 36.3 Å². The van der Waals surface area contributed by atoms with Crippen molar-refractivity contribution in [3.8, 4) is 0 Å². The van der Waals surface area contributed by atoms with Gasteiger partial charge in [-0.3, -0.25) is 9.59 Å². The highest BCUT2D eigenvalue weighted by molar-refractivity contribution is 6.31. The number of ketones is 1. The predicted molar refractivity (Wildman–Crippen MR) is 128 cm³/mol. The second-order valence-corrected chi connectivity index (χ2v) is 9.72. The molecule has 1 atom stereocenters. The molecule has 31 heavy (non-hydrogen) atoms. The van der Waals surface area contributed by atoms with Crippen molar-refractivity contribution in [2.75, 3.05) is 19.8 Å². The number of esters is 1. The van der Waals surface area contributed by atoms with Gasteiger partial charge in [-0.2, -0.15) is 0 Å². The SMILES string of the molecule is C=C(Cl)/C=C\C(=C(\Cl)CCCC)C1(CCCC(=O)C(CC)C(=O)OCC(C)C)COC1. The van der Waals surface area contributed by atoms with E-state index >= 15 is 0 Å². The van der Waals surface area contributed by atoms with E-state index in [1.54, 1.807) is 6.08 Å². The standard InChI is InChI=1S/C25H38Cl2O4/c1-6-8-10-22(27)21(13-12-19(5)26)25(16-30-17-25)14-9-11-23(28)20(7-2)24(29)31-15-18(3)4/h12-13,18,20H,5-11,14-17H2,1-4H3/b13-12-,22-21-. The van der Waals surface area contributed by atoms with Gasteiger partial charge in [0.15, 0.2) is 0 Å². The molecule has 1 aliphatic heterocycles. The molecule has 0 aromatic heterocycles. The van der Waals surface area contributed by atoms with Crippen molar-refractivity contribution >= 4 is 35.0 Å². The maximum absolute atomic E-state index is 12.7. The monoisotopic (exact) mass is 472 g/mol. The molecule has 1 unspecified atom stereocenters. The van der Waals surface area contributed by atoms with E-state index in [9.17, 15) is 9.59 Å². The number of allylic oxidation sites excluding steroid dienone is 4. The van der Waals surface area contributed by atoms with Crippen LogP contribution in [0.1, 0.15) is 72.6 Å². The molecule has 1 saturated heterocycles. The number of Topliss-reactive ketones (excluding diaryl/α,β-unsaturated/α-hetero) is 1. The summed E-state index contributed by atoms with van der Waals surface area (Å²) in [6.07, 6.45) is 8.77. The van der Waals surface area contributed by atoms with E-state index in [1.807, 2.05) is 26.8 Å². The first-order chi connectivity index (χ1) is 14.7. The van der Waals surface area contributed by atoms with Gasteiger partial charge in [0.1, 0.15) is 11.7 Å². The molecule has 1 heterocycles. The second-order valence-electron chi connectivity index (χ2n) is 8.78. The van der Waals surface area contributed by atoms with Gasteiger partial charge in [-0.25, -0.2) is 0 Å². The van der Waals surface area contributed by atoms with Crippen molar-refractivity contribution in [3.63, 3.8) is 0 Å². The zero-order valence-electron chi connectivity index (χ0n) is 19.5. The summed E-state index contributed by atoms with van der Waals surface area (Å²) in [6, 6.07) is 0. The largest absolute Gasteiger partial charge is 0.465 e. The summed E-state index contributed by atoms with van der Waals surface area (Å²) in [4.78, 5) is 25.0. The number of hydrogen-bond acceptors (Lipinski definition) is 4. The van der Waals surface area contributed by atoms with E-state index in [-0.39, 0.29) is 17.1 Å². The minimum atomic E-state index is -0.685. The molecule has 6 heteroatoms. The maximum atomic E-state index is 12.7. The lowest BCUT2D eigenvalue weighted by Gasteiger charge is -2.43. The zero-order chi connectivity index (χ0) is 23.4. The number of unbranched alkanes of at least 4 members (excludes halogenated alkanes) is 1. The Morgan fingerprint density at radius 1 is 1.13 bits per heavy atom. The molecule has 0 saturated carbocycles. The molecular weight excluding hydrogens is 435 g/mol. The van der Waals surface area contributed by atoms with Crippen LogP contribution in [0.3, 0.4) is 0 Å². The van der Waals surface area contributed by atoms with Crippen molar-refractivity contribution in [3.05, 3.63) is 34.4 Å². The molecule has 0 amide bonds. The Kier molecular flexibility index (Phi) is 12.7. The molecule has 1 rings (SSSR count). The van der Waals surface area contributed by atoms with Gasteiger partial charge in [0.05, 0.1) is 19.8 Å².